The molecule has 10 heteroatoms. The molecule has 0 aliphatic heterocycles. The monoisotopic (exact) mass is 421 g/mol. The molecule has 1 saturated carbocycles. The lowest BCUT2D eigenvalue weighted by Gasteiger charge is -2.06. The average molecular weight is 421 g/mol. The van der Waals surface area contributed by atoms with E-state index in [4.69, 9.17) is 0 Å². The van der Waals surface area contributed by atoms with Gasteiger partial charge in [0.25, 0.3) is 0 Å². The molecule has 0 atom stereocenters. The summed E-state index contributed by atoms with van der Waals surface area (Å²) in [5, 5.41) is 20.3. The first-order valence-corrected chi connectivity index (χ1v) is 10.0. The molecule has 0 aromatic carbocycles. The van der Waals surface area contributed by atoms with Gasteiger partial charge in [0.2, 0.25) is 5.91 Å². The molecule has 5 aromatic heterocycles. The van der Waals surface area contributed by atoms with Crippen molar-refractivity contribution in [1.82, 2.24) is 35.1 Å². The molecular formula is C22H15N9O. The van der Waals surface area contributed by atoms with Crippen molar-refractivity contribution in [2.24, 2.45) is 5.92 Å². The first-order chi connectivity index (χ1) is 15.7. The average Bonchev–Trinajstić information content (AvgIpc) is 3.45. The third-order valence-corrected chi connectivity index (χ3v) is 5.45. The van der Waals surface area contributed by atoms with Crippen LogP contribution in [0.15, 0.2) is 43.1 Å². The van der Waals surface area contributed by atoms with E-state index in [2.05, 4.69) is 46.5 Å². The Bertz CT molecular complexity index is 1560. The minimum atomic E-state index is 0.0331. The number of rotatable bonds is 4. The van der Waals surface area contributed by atoms with Crippen LogP contribution in [0.25, 0.3) is 44.7 Å². The summed E-state index contributed by atoms with van der Waals surface area (Å²) in [5.74, 6) is 0.686. The second kappa shape index (κ2) is 6.95. The minimum Gasteiger partial charge on any atom is -0.335 e. The van der Waals surface area contributed by atoms with Crippen LogP contribution in [0, 0.1) is 17.2 Å². The number of nitrogens with zero attached hydrogens (tertiary/aromatic N) is 6. The van der Waals surface area contributed by atoms with E-state index in [1.54, 1.807) is 24.8 Å². The predicted molar refractivity (Wildman–Crippen MR) is 116 cm³/mol. The summed E-state index contributed by atoms with van der Waals surface area (Å²) in [6.45, 7) is 0. The van der Waals surface area contributed by atoms with Gasteiger partial charge in [0.05, 0.1) is 34.5 Å². The summed E-state index contributed by atoms with van der Waals surface area (Å²) >= 11 is 0. The number of pyridine rings is 3. The van der Waals surface area contributed by atoms with Gasteiger partial charge in [-0.15, -0.1) is 0 Å². The highest BCUT2D eigenvalue weighted by molar-refractivity contribution is 5.96. The number of hydrogen-bond donors (Lipinski definition) is 3. The minimum absolute atomic E-state index is 0.0331. The lowest BCUT2D eigenvalue weighted by molar-refractivity contribution is -0.117. The largest absolute Gasteiger partial charge is 0.335 e. The molecule has 1 aliphatic rings. The van der Waals surface area contributed by atoms with Gasteiger partial charge in [0.1, 0.15) is 17.3 Å². The molecule has 1 amide bonds. The van der Waals surface area contributed by atoms with Gasteiger partial charge in [-0.25, -0.2) is 9.97 Å². The van der Waals surface area contributed by atoms with E-state index in [9.17, 15) is 10.1 Å². The summed E-state index contributed by atoms with van der Waals surface area (Å²) in [4.78, 5) is 32.6. The lowest BCUT2D eigenvalue weighted by atomic mass is 10.1. The van der Waals surface area contributed by atoms with E-state index in [1.807, 2.05) is 12.1 Å². The van der Waals surface area contributed by atoms with Crippen LogP contribution in [0.1, 0.15) is 18.4 Å². The fourth-order valence-corrected chi connectivity index (χ4v) is 3.63. The van der Waals surface area contributed by atoms with Gasteiger partial charge in [-0.1, -0.05) is 0 Å². The van der Waals surface area contributed by atoms with Crippen LogP contribution in [0.5, 0.6) is 0 Å². The molecule has 10 nitrogen and oxygen atoms in total. The second-order valence-corrected chi connectivity index (χ2v) is 7.70. The summed E-state index contributed by atoms with van der Waals surface area (Å²) in [5.41, 5.74) is 5.09. The Hall–Kier alpha value is -4.65. The van der Waals surface area contributed by atoms with Gasteiger partial charge < -0.3 is 10.3 Å². The topological polar surface area (TPSA) is 149 Å². The van der Waals surface area contributed by atoms with Crippen LogP contribution in [0.3, 0.4) is 0 Å². The highest BCUT2D eigenvalue weighted by Gasteiger charge is 2.29. The number of nitrogens with one attached hydrogen (secondary N) is 3. The van der Waals surface area contributed by atoms with Gasteiger partial charge in [0.15, 0.2) is 11.5 Å². The molecular weight excluding hydrogens is 406 g/mol. The smallest absolute Gasteiger partial charge is 0.227 e. The first kappa shape index (κ1) is 18.1. The molecule has 0 saturated heterocycles. The Morgan fingerprint density at radius 2 is 1.94 bits per heavy atom. The molecule has 5 heterocycles. The van der Waals surface area contributed by atoms with Crippen LogP contribution >= 0.6 is 0 Å². The van der Waals surface area contributed by atoms with Crippen molar-refractivity contribution in [2.45, 2.75) is 12.8 Å². The normalized spacial score (nSPS) is 13.3. The van der Waals surface area contributed by atoms with E-state index in [1.165, 1.54) is 6.20 Å². The Morgan fingerprint density at radius 1 is 1.09 bits per heavy atom. The van der Waals surface area contributed by atoms with E-state index < -0.39 is 0 Å². The zero-order chi connectivity index (χ0) is 21.7. The number of carbonyl (C=O) groups is 1. The molecule has 1 aliphatic carbocycles. The molecule has 0 spiro atoms. The van der Waals surface area contributed by atoms with Crippen LogP contribution in [0.4, 0.5) is 5.69 Å². The molecule has 154 valence electrons. The van der Waals surface area contributed by atoms with Crippen molar-refractivity contribution in [3.8, 4) is 28.7 Å². The maximum Gasteiger partial charge on any atom is 0.227 e. The number of imidazole rings is 1. The lowest BCUT2D eigenvalue weighted by Crippen LogP contribution is -2.13. The fraction of sp³-hybridized carbons (Fsp3) is 0.136. The Balaban J connectivity index is 1.41. The Kier molecular flexibility index (Phi) is 3.94. The molecule has 0 unspecified atom stereocenters. The van der Waals surface area contributed by atoms with Crippen molar-refractivity contribution in [3.05, 3.63) is 48.7 Å². The van der Waals surface area contributed by atoms with Crippen LogP contribution in [-0.4, -0.2) is 41.0 Å². The number of hydrogen-bond acceptors (Lipinski definition) is 7. The van der Waals surface area contributed by atoms with Crippen molar-refractivity contribution >= 4 is 33.7 Å². The van der Waals surface area contributed by atoms with Gasteiger partial charge in [-0.2, -0.15) is 10.4 Å². The van der Waals surface area contributed by atoms with Gasteiger partial charge in [0, 0.05) is 35.6 Å². The highest BCUT2D eigenvalue weighted by Crippen LogP contribution is 2.32. The number of carbonyl (C=O) groups excluding carboxylic acids is 1. The molecule has 5 aromatic rings. The maximum absolute atomic E-state index is 12.1. The summed E-state index contributed by atoms with van der Waals surface area (Å²) < 4.78 is 0. The Labute approximate surface area is 180 Å². The molecule has 6 rings (SSSR count). The number of fused-ring (bicyclic) bond motifs is 2. The quantitative estimate of drug-likeness (QED) is 0.403. The fourth-order valence-electron chi connectivity index (χ4n) is 3.63. The van der Waals surface area contributed by atoms with E-state index >= 15 is 0 Å². The zero-order valence-electron chi connectivity index (χ0n) is 16.6. The molecule has 1 fully saturated rings. The third kappa shape index (κ3) is 3.04. The molecule has 0 bridgehead atoms. The first-order valence-electron chi connectivity index (χ1n) is 10.0. The van der Waals surface area contributed by atoms with Gasteiger partial charge in [-0.3, -0.25) is 19.9 Å². The zero-order valence-corrected chi connectivity index (χ0v) is 16.6. The van der Waals surface area contributed by atoms with Gasteiger partial charge >= 0.3 is 0 Å². The number of H-pyrrole nitrogens is 2. The number of amides is 1. The van der Waals surface area contributed by atoms with E-state index in [0.717, 1.165) is 29.4 Å². The Morgan fingerprint density at radius 3 is 2.78 bits per heavy atom. The number of nitriles is 1. The van der Waals surface area contributed by atoms with E-state index in [0.29, 0.717) is 39.4 Å². The number of aromatic amines is 2. The summed E-state index contributed by atoms with van der Waals surface area (Å²) in [6.07, 6.45) is 10.1. The summed E-state index contributed by atoms with van der Waals surface area (Å²) in [7, 11) is 0. The summed E-state index contributed by atoms with van der Waals surface area (Å²) in [6, 6.07) is 5.93. The number of anilines is 1. The highest BCUT2D eigenvalue weighted by atomic mass is 16.2. The number of aromatic nitrogens is 7. The van der Waals surface area contributed by atoms with Gasteiger partial charge in [-0.05, 0) is 25.0 Å². The van der Waals surface area contributed by atoms with Crippen LogP contribution < -0.4 is 5.32 Å². The molecule has 32 heavy (non-hydrogen) atoms. The predicted octanol–water partition coefficient (Wildman–Crippen LogP) is 3.18. The van der Waals surface area contributed by atoms with Crippen molar-refractivity contribution in [1.29, 1.82) is 5.26 Å². The van der Waals surface area contributed by atoms with Crippen LogP contribution in [-0.2, 0) is 4.79 Å². The second-order valence-electron chi connectivity index (χ2n) is 7.70. The molecule has 0 radical (unpaired) electrons. The van der Waals surface area contributed by atoms with Crippen molar-refractivity contribution in [3.63, 3.8) is 0 Å². The van der Waals surface area contributed by atoms with E-state index in [-0.39, 0.29) is 11.8 Å². The maximum atomic E-state index is 12.1. The van der Waals surface area contributed by atoms with Crippen molar-refractivity contribution < 1.29 is 4.79 Å². The third-order valence-electron chi connectivity index (χ3n) is 5.45. The van der Waals surface area contributed by atoms with Crippen LogP contribution in [0.2, 0.25) is 0 Å². The molecule has 3 N–H and O–H groups in total. The standard InChI is InChI=1S/C22H15N9O/c23-5-14-7-25-10-17-18(14)29-21(28-17)19-16-4-13(8-26-20(16)31-30-19)12-3-15(9-24-6-12)27-22(32)11-1-2-11/h3-4,6-11H,1-2H2,(H,27,32)(H,28,29)(H,26,30,31). The SMILES string of the molecule is N#Cc1cncc2[nH]c(-c3[nH]nc4ncc(-c5cncc(NC(=O)C6CC6)c5)cc34)nc12. The van der Waals surface area contributed by atoms with Crippen molar-refractivity contribution in [2.75, 3.05) is 5.32 Å².